The van der Waals surface area contributed by atoms with Crippen molar-refractivity contribution in [1.29, 1.82) is 0 Å². The van der Waals surface area contributed by atoms with Crippen LogP contribution in [0.25, 0.3) is 0 Å². The average molecular weight is 220 g/mol. The Morgan fingerprint density at radius 1 is 1.27 bits per heavy atom. The maximum Gasteiger partial charge on any atom is 0.0337 e. The Hall–Kier alpha value is -0.470. The number of hydrogen-bond donors (Lipinski definition) is 0. The van der Waals surface area contributed by atoms with Gasteiger partial charge in [-0.1, -0.05) is 30.3 Å². The van der Waals surface area contributed by atoms with Gasteiger partial charge in [0.05, 0.1) is 0 Å². The van der Waals surface area contributed by atoms with E-state index in [9.17, 15) is 0 Å². The fourth-order valence-corrected chi connectivity index (χ4v) is 2.88. The molecule has 1 saturated heterocycles. The highest BCUT2D eigenvalue weighted by atomic mass is 32.2. The third-order valence-corrected chi connectivity index (χ3v) is 3.87. The highest BCUT2D eigenvalue weighted by Crippen LogP contribution is 2.14. The molecule has 1 heterocycles. The van der Waals surface area contributed by atoms with Gasteiger partial charge >= 0.3 is 0 Å². The van der Waals surface area contributed by atoms with Gasteiger partial charge < -0.3 is 0 Å². The second-order valence-corrected chi connectivity index (χ2v) is 5.16. The molecule has 1 radical (unpaired) electrons. The van der Waals surface area contributed by atoms with Crippen molar-refractivity contribution in [2.45, 2.75) is 25.3 Å². The van der Waals surface area contributed by atoms with Crippen molar-refractivity contribution in [3.8, 4) is 0 Å². The zero-order chi connectivity index (χ0) is 10.3. The molecule has 81 valence electrons. The molecule has 0 aliphatic carbocycles. The molecule has 1 atom stereocenters. The van der Waals surface area contributed by atoms with Crippen LogP contribution in [0.5, 0.6) is 0 Å². The Labute approximate surface area is 96.7 Å². The maximum absolute atomic E-state index is 4.64. The van der Waals surface area contributed by atoms with Crippen molar-refractivity contribution in [2.75, 3.05) is 18.1 Å². The zero-order valence-electron chi connectivity index (χ0n) is 9.06. The molecular weight excluding hydrogens is 202 g/mol. The van der Waals surface area contributed by atoms with Crippen molar-refractivity contribution in [3.63, 3.8) is 0 Å². The lowest BCUT2D eigenvalue weighted by atomic mass is 10.1. The molecular formula is C13H18NS. The quantitative estimate of drug-likeness (QED) is 0.761. The fourth-order valence-electron chi connectivity index (χ4n) is 1.93. The van der Waals surface area contributed by atoms with Gasteiger partial charge in [0.1, 0.15) is 0 Å². The van der Waals surface area contributed by atoms with Gasteiger partial charge in [-0.3, -0.25) is 0 Å². The Morgan fingerprint density at radius 3 is 2.87 bits per heavy atom. The topological polar surface area (TPSA) is 14.1 Å². The molecule has 0 amide bonds. The van der Waals surface area contributed by atoms with Crippen LogP contribution in [0.4, 0.5) is 0 Å². The first-order chi connectivity index (χ1) is 7.45. The maximum atomic E-state index is 4.64. The summed E-state index contributed by atoms with van der Waals surface area (Å²) < 4.78 is 0. The third-order valence-electron chi connectivity index (χ3n) is 2.78. The van der Waals surface area contributed by atoms with E-state index in [0.717, 1.165) is 6.54 Å². The summed E-state index contributed by atoms with van der Waals surface area (Å²) in [5, 5.41) is 4.64. The Bertz CT molecular complexity index is 267. The van der Waals surface area contributed by atoms with Crippen LogP contribution < -0.4 is 5.32 Å². The van der Waals surface area contributed by atoms with Gasteiger partial charge in [0.2, 0.25) is 0 Å². The second kappa shape index (κ2) is 6.19. The molecule has 1 aliphatic heterocycles. The summed E-state index contributed by atoms with van der Waals surface area (Å²) in [6.07, 6.45) is 3.75. The first-order valence-electron chi connectivity index (χ1n) is 5.73. The molecule has 0 spiro atoms. The highest BCUT2D eigenvalue weighted by Gasteiger charge is 2.13. The summed E-state index contributed by atoms with van der Waals surface area (Å²) in [5.74, 6) is 2.48. The van der Waals surface area contributed by atoms with Crippen molar-refractivity contribution in [2.24, 2.45) is 0 Å². The SMILES string of the molecule is c1ccc(CCCC2CSCC[N]2)cc1. The van der Waals surface area contributed by atoms with E-state index in [1.807, 2.05) is 0 Å². The predicted molar refractivity (Wildman–Crippen MR) is 67.5 cm³/mol. The molecule has 15 heavy (non-hydrogen) atoms. The summed E-state index contributed by atoms with van der Waals surface area (Å²) in [6.45, 7) is 1.07. The van der Waals surface area contributed by atoms with Crippen molar-refractivity contribution in [3.05, 3.63) is 35.9 Å². The monoisotopic (exact) mass is 220 g/mol. The lowest BCUT2D eigenvalue weighted by Gasteiger charge is -2.20. The lowest BCUT2D eigenvalue weighted by Crippen LogP contribution is -2.31. The molecule has 1 unspecified atom stereocenters. The molecule has 1 aromatic rings. The van der Waals surface area contributed by atoms with Crippen LogP contribution in [-0.4, -0.2) is 24.1 Å². The molecule has 0 bridgehead atoms. The number of thioether (sulfide) groups is 1. The van der Waals surface area contributed by atoms with Crippen LogP contribution in [-0.2, 0) is 6.42 Å². The molecule has 0 N–H and O–H groups in total. The minimum absolute atomic E-state index is 0.632. The number of hydrogen-bond acceptors (Lipinski definition) is 1. The van der Waals surface area contributed by atoms with E-state index in [1.165, 1.54) is 36.3 Å². The molecule has 2 heteroatoms. The minimum atomic E-state index is 0.632. The normalized spacial score (nSPS) is 21.5. The van der Waals surface area contributed by atoms with Crippen LogP contribution in [0.3, 0.4) is 0 Å². The first-order valence-corrected chi connectivity index (χ1v) is 6.89. The average Bonchev–Trinajstić information content (AvgIpc) is 2.32. The van der Waals surface area contributed by atoms with E-state index >= 15 is 0 Å². The van der Waals surface area contributed by atoms with Crippen molar-refractivity contribution < 1.29 is 0 Å². The van der Waals surface area contributed by atoms with Crippen LogP contribution in [0.2, 0.25) is 0 Å². The lowest BCUT2D eigenvalue weighted by molar-refractivity contribution is 0.502. The molecule has 1 aromatic carbocycles. The van der Waals surface area contributed by atoms with E-state index in [4.69, 9.17) is 0 Å². The Balaban J connectivity index is 1.66. The summed E-state index contributed by atoms with van der Waals surface area (Å²) in [4.78, 5) is 0. The largest absolute Gasteiger partial charge is 0.237 e. The molecule has 2 rings (SSSR count). The van der Waals surface area contributed by atoms with Gasteiger partial charge in [0.25, 0.3) is 0 Å². The van der Waals surface area contributed by atoms with Crippen molar-refractivity contribution in [1.82, 2.24) is 5.32 Å². The summed E-state index contributed by atoms with van der Waals surface area (Å²) in [5.41, 5.74) is 1.46. The van der Waals surface area contributed by atoms with Crippen LogP contribution in [0, 0.1) is 0 Å². The number of benzene rings is 1. The molecule has 0 aromatic heterocycles. The van der Waals surface area contributed by atoms with Crippen LogP contribution in [0.1, 0.15) is 18.4 Å². The van der Waals surface area contributed by atoms with Crippen molar-refractivity contribution >= 4 is 11.8 Å². The molecule has 1 fully saturated rings. The number of aryl methyl sites for hydroxylation is 1. The van der Waals surface area contributed by atoms with Crippen LogP contribution in [0.15, 0.2) is 30.3 Å². The standard InChI is InChI=1S/C13H18NS/c1-2-5-12(6-3-1)7-4-8-13-11-15-10-9-14-13/h1-3,5-6,13H,4,7-11H2. The fraction of sp³-hybridized carbons (Fsp3) is 0.538. The summed E-state index contributed by atoms with van der Waals surface area (Å²) >= 11 is 2.06. The Morgan fingerprint density at radius 2 is 2.13 bits per heavy atom. The Kier molecular flexibility index (Phi) is 4.55. The smallest absolute Gasteiger partial charge is 0.0337 e. The van der Waals surface area contributed by atoms with Gasteiger partial charge in [-0.25, -0.2) is 5.32 Å². The molecule has 1 aliphatic rings. The highest BCUT2D eigenvalue weighted by molar-refractivity contribution is 7.99. The van der Waals surface area contributed by atoms with Gasteiger partial charge in [-0.15, -0.1) is 0 Å². The summed E-state index contributed by atoms with van der Waals surface area (Å²) in [7, 11) is 0. The van der Waals surface area contributed by atoms with Gasteiger partial charge in [-0.2, -0.15) is 11.8 Å². The minimum Gasteiger partial charge on any atom is -0.237 e. The number of nitrogens with zero attached hydrogens (tertiary/aromatic N) is 1. The van der Waals surface area contributed by atoms with Gasteiger partial charge in [-0.05, 0) is 24.8 Å². The van der Waals surface area contributed by atoms with E-state index in [0.29, 0.717) is 6.04 Å². The van der Waals surface area contributed by atoms with E-state index in [2.05, 4.69) is 47.4 Å². The van der Waals surface area contributed by atoms with E-state index in [1.54, 1.807) is 0 Å². The zero-order valence-corrected chi connectivity index (χ0v) is 9.88. The third kappa shape index (κ3) is 3.88. The summed E-state index contributed by atoms with van der Waals surface area (Å²) in [6, 6.07) is 11.4. The second-order valence-electron chi connectivity index (χ2n) is 4.01. The van der Waals surface area contributed by atoms with Crippen LogP contribution >= 0.6 is 11.8 Å². The van der Waals surface area contributed by atoms with E-state index in [-0.39, 0.29) is 0 Å². The number of rotatable bonds is 4. The molecule has 1 nitrogen and oxygen atoms in total. The molecule has 0 saturated carbocycles. The van der Waals surface area contributed by atoms with Gasteiger partial charge in [0, 0.05) is 24.1 Å². The van der Waals surface area contributed by atoms with E-state index < -0.39 is 0 Å². The van der Waals surface area contributed by atoms with Gasteiger partial charge in [0.15, 0.2) is 0 Å². The first kappa shape index (κ1) is 11.0. The predicted octanol–water partition coefficient (Wildman–Crippen LogP) is 2.73.